The molecule has 3 unspecified atom stereocenters. The van der Waals surface area contributed by atoms with Crippen LogP contribution in [0.4, 0.5) is 0 Å². The number of rotatable bonds is 13. The molecule has 0 aliphatic heterocycles. The van der Waals surface area contributed by atoms with Crippen LogP contribution in [0.25, 0.3) is 10.9 Å². The minimum absolute atomic E-state index is 0.0574. The Kier molecular flexibility index (Phi) is 10.6. The number of nitrogens with two attached hydrogens (primary N) is 1. The van der Waals surface area contributed by atoms with Gasteiger partial charge in [-0.25, -0.2) is 0 Å². The van der Waals surface area contributed by atoms with Crippen LogP contribution in [0.5, 0.6) is 0 Å². The van der Waals surface area contributed by atoms with Crippen molar-refractivity contribution in [3.05, 3.63) is 36.0 Å². The molecule has 180 valence electrons. The molecule has 0 fully saturated rings. The fourth-order valence-electron chi connectivity index (χ4n) is 3.14. The number of aliphatic carboxylic acids is 1. The summed E-state index contributed by atoms with van der Waals surface area (Å²) in [6.07, 6.45) is 4.28. The molecule has 10 nitrogen and oxygen atoms in total. The first-order valence-corrected chi connectivity index (χ1v) is 12.3. The van der Waals surface area contributed by atoms with Gasteiger partial charge in [0.1, 0.15) is 18.6 Å². The summed E-state index contributed by atoms with van der Waals surface area (Å²) in [7, 11) is 0. The molecule has 2 aromatic rings. The Morgan fingerprint density at radius 2 is 1.82 bits per heavy atom. The number of thiol groups is 1. The minimum Gasteiger partial charge on any atom is -0.480 e. The average molecular weight is 496 g/mol. The zero-order chi connectivity index (χ0) is 24.4. The summed E-state index contributed by atoms with van der Waals surface area (Å²) in [4.78, 5) is 51.8. The monoisotopic (exact) mass is 495 g/mol. The van der Waals surface area contributed by atoms with Gasteiger partial charge in [-0.1, -0.05) is 18.2 Å². The first kappa shape index (κ1) is 26.6. The van der Waals surface area contributed by atoms with Gasteiger partial charge < -0.3 is 31.8 Å². The Balaban J connectivity index is 2.19. The summed E-state index contributed by atoms with van der Waals surface area (Å²) in [5, 5.41) is 17.1. The van der Waals surface area contributed by atoms with Gasteiger partial charge in [0.25, 0.3) is 0 Å². The van der Waals surface area contributed by atoms with Crippen molar-refractivity contribution < 1.29 is 24.3 Å². The lowest BCUT2D eigenvalue weighted by molar-refractivity contribution is -0.138. The molecule has 3 atom stereocenters. The highest BCUT2D eigenvalue weighted by Crippen LogP contribution is 2.19. The maximum Gasteiger partial charge on any atom is 0.322 e. The highest BCUT2D eigenvalue weighted by atomic mass is 32.2. The molecule has 0 aliphatic carbocycles. The largest absolute Gasteiger partial charge is 0.480 e. The van der Waals surface area contributed by atoms with E-state index in [0.717, 1.165) is 16.5 Å². The highest BCUT2D eigenvalue weighted by Gasteiger charge is 2.28. The predicted octanol–water partition coefficient (Wildman–Crippen LogP) is -0.109. The normalized spacial score (nSPS) is 13.7. The molecule has 7 N–H and O–H groups in total. The minimum atomic E-state index is -1.21. The van der Waals surface area contributed by atoms with E-state index in [1.165, 1.54) is 0 Å². The maximum atomic E-state index is 13.1. The van der Waals surface area contributed by atoms with Gasteiger partial charge in [-0.3, -0.25) is 19.2 Å². The molecule has 1 aromatic carbocycles. The number of carboxylic acids is 1. The van der Waals surface area contributed by atoms with E-state index in [1.807, 2.05) is 30.5 Å². The van der Waals surface area contributed by atoms with Crippen molar-refractivity contribution in [2.75, 3.05) is 24.3 Å². The van der Waals surface area contributed by atoms with Gasteiger partial charge in [0.2, 0.25) is 17.7 Å². The number of amides is 3. The zero-order valence-electron chi connectivity index (χ0n) is 18.2. The number of H-pyrrole nitrogens is 1. The number of carbonyl (C=O) groups is 4. The van der Waals surface area contributed by atoms with Crippen molar-refractivity contribution in [3.63, 3.8) is 0 Å². The third-order valence-electron chi connectivity index (χ3n) is 4.93. The molecule has 0 saturated carbocycles. The second kappa shape index (κ2) is 13.1. The molecule has 0 saturated heterocycles. The summed E-state index contributed by atoms with van der Waals surface area (Å²) in [6, 6.07) is 4.68. The summed E-state index contributed by atoms with van der Waals surface area (Å²) in [6.45, 7) is -0.585. The smallest absolute Gasteiger partial charge is 0.322 e. The first-order valence-electron chi connectivity index (χ1n) is 10.3. The Morgan fingerprint density at radius 3 is 2.48 bits per heavy atom. The van der Waals surface area contributed by atoms with Gasteiger partial charge in [-0.15, -0.1) is 0 Å². The second-order valence-electron chi connectivity index (χ2n) is 7.37. The van der Waals surface area contributed by atoms with E-state index < -0.39 is 48.4 Å². The fraction of sp³-hybridized carbons (Fsp3) is 0.429. The SMILES string of the molecule is CSCCC(N)C(=O)NC(Cc1c[nH]c2ccccc12)C(=O)NC(CS)C(=O)NCC(=O)O. The quantitative estimate of drug-likeness (QED) is 0.190. The Bertz CT molecular complexity index is 983. The molecule has 33 heavy (non-hydrogen) atoms. The molecule has 0 spiro atoms. The Morgan fingerprint density at radius 1 is 1.12 bits per heavy atom. The van der Waals surface area contributed by atoms with E-state index in [9.17, 15) is 19.2 Å². The van der Waals surface area contributed by atoms with Crippen LogP contribution in [-0.4, -0.2) is 76.2 Å². The van der Waals surface area contributed by atoms with E-state index in [1.54, 1.807) is 18.0 Å². The van der Waals surface area contributed by atoms with E-state index >= 15 is 0 Å². The van der Waals surface area contributed by atoms with Gasteiger partial charge in [-0.2, -0.15) is 24.4 Å². The molecular weight excluding hydrogens is 466 g/mol. The van der Waals surface area contributed by atoms with E-state index in [0.29, 0.717) is 12.2 Å². The number of aromatic nitrogens is 1. The van der Waals surface area contributed by atoms with Crippen molar-refractivity contribution in [1.82, 2.24) is 20.9 Å². The number of fused-ring (bicyclic) bond motifs is 1. The third kappa shape index (κ3) is 7.98. The van der Waals surface area contributed by atoms with Crippen molar-refractivity contribution >= 4 is 59.0 Å². The van der Waals surface area contributed by atoms with Crippen molar-refractivity contribution in [1.29, 1.82) is 0 Å². The molecule has 0 radical (unpaired) electrons. The Hall–Kier alpha value is -2.70. The van der Waals surface area contributed by atoms with Crippen LogP contribution in [0.15, 0.2) is 30.5 Å². The Labute approximate surface area is 201 Å². The molecular formula is C21H29N5O5S2. The average Bonchev–Trinajstić information content (AvgIpc) is 3.21. The predicted molar refractivity (Wildman–Crippen MR) is 131 cm³/mol. The summed E-state index contributed by atoms with van der Waals surface area (Å²) < 4.78 is 0. The lowest BCUT2D eigenvalue weighted by atomic mass is 10.0. The van der Waals surface area contributed by atoms with Gasteiger partial charge >= 0.3 is 5.97 Å². The summed E-state index contributed by atoms with van der Waals surface area (Å²) in [5.74, 6) is -2.33. The summed E-state index contributed by atoms with van der Waals surface area (Å²) in [5.41, 5.74) is 7.66. The lowest BCUT2D eigenvalue weighted by Crippen LogP contribution is -2.57. The van der Waals surface area contributed by atoms with Crippen LogP contribution in [-0.2, 0) is 25.6 Å². The van der Waals surface area contributed by atoms with Gasteiger partial charge in [0.15, 0.2) is 0 Å². The summed E-state index contributed by atoms with van der Waals surface area (Å²) >= 11 is 5.64. The number of benzene rings is 1. The van der Waals surface area contributed by atoms with Crippen LogP contribution >= 0.6 is 24.4 Å². The van der Waals surface area contributed by atoms with Crippen LogP contribution in [0.2, 0.25) is 0 Å². The topological polar surface area (TPSA) is 166 Å². The fourth-order valence-corrected chi connectivity index (χ4v) is 3.88. The number of hydrogen-bond acceptors (Lipinski definition) is 7. The van der Waals surface area contributed by atoms with Crippen LogP contribution in [0, 0.1) is 0 Å². The van der Waals surface area contributed by atoms with Crippen LogP contribution in [0.1, 0.15) is 12.0 Å². The number of nitrogens with one attached hydrogen (secondary N) is 4. The number of aromatic amines is 1. The molecule has 1 aromatic heterocycles. The number of hydrogen-bond donors (Lipinski definition) is 7. The maximum absolute atomic E-state index is 13.1. The lowest BCUT2D eigenvalue weighted by Gasteiger charge is -2.23. The van der Waals surface area contributed by atoms with Crippen LogP contribution in [0.3, 0.4) is 0 Å². The van der Waals surface area contributed by atoms with Crippen molar-refractivity contribution in [3.8, 4) is 0 Å². The van der Waals surface area contributed by atoms with Gasteiger partial charge in [0, 0.05) is 29.3 Å². The zero-order valence-corrected chi connectivity index (χ0v) is 19.9. The molecule has 0 bridgehead atoms. The van der Waals surface area contributed by atoms with E-state index in [2.05, 4.69) is 33.6 Å². The van der Waals surface area contributed by atoms with E-state index in [-0.39, 0.29) is 12.2 Å². The molecule has 12 heteroatoms. The molecule has 1 heterocycles. The van der Waals surface area contributed by atoms with E-state index in [4.69, 9.17) is 10.8 Å². The van der Waals surface area contributed by atoms with Crippen molar-refractivity contribution in [2.24, 2.45) is 5.73 Å². The number of para-hydroxylation sites is 1. The van der Waals surface area contributed by atoms with Gasteiger partial charge in [-0.05, 0) is 30.1 Å². The highest BCUT2D eigenvalue weighted by molar-refractivity contribution is 7.98. The number of carboxylic acid groups (broad SMARTS) is 1. The molecule has 2 rings (SSSR count). The molecule has 3 amide bonds. The number of carbonyl (C=O) groups excluding carboxylic acids is 3. The second-order valence-corrected chi connectivity index (χ2v) is 8.72. The third-order valence-corrected chi connectivity index (χ3v) is 5.94. The van der Waals surface area contributed by atoms with Crippen molar-refractivity contribution in [2.45, 2.75) is 31.0 Å². The van der Waals surface area contributed by atoms with Crippen LogP contribution < -0.4 is 21.7 Å². The standard InChI is InChI=1S/C21H29N5O5S2/c1-33-7-6-14(22)19(29)25-16(8-12-9-23-15-5-3-2-4-13(12)15)21(31)26-17(11-32)20(30)24-10-18(27)28/h2-5,9,14,16-17,23,32H,6-8,10-11,22H2,1H3,(H,24,30)(H,25,29)(H,26,31)(H,27,28). The van der Waals surface area contributed by atoms with Gasteiger partial charge in [0.05, 0.1) is 6.04 Å². The first-order chi connectivity index (χ1) is 15.8. The number of thioether (sulfide) groups is 1. The molecule has 0 aliphatic rings.